The first-order chi connectivity index (χ1) is 9.99. The lowest BCUT2D eigenvalue weighted by atomic mass is 10.1. The normalized spacial score (nSPS) is 10.2. The zero-order valence-corrected chi connectivity index (χ0v) is 12.7. The van der Waals surface area contributed by atoms with Crippen LogP contribution in [-0.4, -0.2) is 42.6 Å². The predicted octanol–water partition coefficient (Wildman–Crippen LogP) is 2.34. The van der Waals surface area contributed by atoms with Crippen molar-refractivity contribution in [3.05, 3.63) is 29.8 Å². The SMILES string of the molecule is CN(C)C(=O)Cc1cccc(OCCCCCC(=O)O)c1. The van der Waals surface area contributed by atoms with Gasteiger partial charge in [-0.15, -0.1) is 0 Å². The summed E-state index contributed by atoms with van der Waals surface area (Å²) in [6.07, 6.45) is 2.92. The van der Waals surface area contributed by atoms with E-state index in [2.05, 4.69) is 0 Å². The second-order valence-corrected chi connectivity index (χ2v) is 5.17. The molecule has 0 fully saturated rings. The molecule has 5 nitrogen and oxygen atoms in total. The molecule has 0 heterocycles. The second kappa shape index (κ2) is 9.00. The molecule has 0 aliphatic carbocycles. The Morgan fingerprint density at radius 3 is 2.62 bits per heavy atom. The van der Waals surface area contributed by atoms with E-state index in [4.69, 9.17) is 9.84 Å². The number of likely N-dealkylation sites (N-methyl/N-ethyl adjacent to an activating group) is 1. The predicted molar refractivity (Wildman–Crippen MR) is 80.4 cm³/mol. The fourth-order valence-corrected chi connectivity index (χ4v) is 1.82. The lowest BCUT2D eigenvalue weighted by molar-refractivity contribution is -0.137. The standard InChI is InChI=1S/C16H23NO4/c1-17(2)15(18)12-13-7-6-8-14(11-13)21-10-5-3-4-9-16(19)20/h6-8,11H,3-5,9-10,12H2,1-2H3,(H,19,20). The number of amides is 1. The van der Waals surface area contributed by atoms with Gasteiger partial charge in [0.2, 0.25) is 5.91 Å². The van der Waals surface area contributed by atoms with Crippen molar-refractivity contribution in [1.82, 2.24) is 4.90 Å². The van der Waals surface area contributed by atoms with Crippen LogP contribution in [0.3, 0.4) is 0 Å². The molecule has 0 bridgehead atoms. The van der Waals surface area contributed by atoms with E-state index in [1.165, 1.54) is 0 Å². The molecule has 0 aliphatic heterocycles. The summed E-state index contributed by atoms with van der Waals surface area (Å²) in [7, 11) is 3.47. The van der Waals surface area contributed by atoms with E-state index >= 15 is 0 Å². The van der Waals surface area contributed by atoms with Crippen LogP contribution in [0.25, 0.3) is 0 Å². The molecule has 1 rings (SSSR count). The lowest BCUT2D eigenvalue weighted by Crippen LogP contribution is -2.23. The van der Waals surface area contributed by atoms with Gasteiger partial charge in [0.1, 0.15) is 5.75 Å². The molecule has 0 saturated carbocycles. The van der Waals surface area contributed by atoms with Gasteiger partial charge in [-0.3, -0.25) is 9.59 Å². The third-order valence-corrected chi connectivity index (χ3v) is 3.06. The van der Waals surface area contributed by atoms with Crippen LogP contribution in [-0.2, 0) is 16.0 Å². The zero-order valence-electron chi connectivity index (χ0n) is 12.7. The van der Waals surface area contributed by atoms with Crippen molar-refractivity contribution in [3.8, 4) is 5.75 Å². The molecule has 1 N–H and O–H groups in total. The number of carbonyl (C=O) groups is 2. The molecule has 1 amide bonds. The molecule has 21 heavy (non-hydrogen) atoms. The van der Waals surface area contributed by atoms with Crippen molar-refractivity contribution < 1.29 is 19.4 Å². The molecular weight excluding hydrogens is 270 g/mol. The second-order valence-electron chi connectivity index (χ2n) is 5.17. The Kier molecular flexibility index (Phi) is 7.29. The number of aliphatic carboxylic acids is 1. The third kappa shape index (κ3) is 7.34. The van der Waals surface area contributed by atoms with Crippen molar-refractivity contribution >= 4 is 11.9 Å². The first kappa shape index (κ1) is 17.0. The Labute approximate surface area is 125 Å². The first-order valence-corrected chi connectivity index (χ1v) is 7.12. The van der Waals surface area contributed by atoms with Crippen molar-refractivity contribution in [2.75, 3.05) is 20.7 Å². The van der Waals surface area contributed by atoms with Crippen molar-refractivity contribution in [1.29, 1.82) is 0 Å². The van der Waals surface area contributed by atoms with E-state index in [1.54, 1.807) is 19.0 Å². The van der Waals surface area contributed by atoms with Gasteiger partial charge in [0.05, 0.1) is 13.0 Å². The lowest BCUT2D eigenvalue weighted by Gasteiger charge is -2.11. The monoisotopic (exact) mass is 293 g/mol. The van der Waals surface area contributed by atoms with Gasteiger partial charge in [-0.1, -0.05) is 12.1 Å². The first-order valence-electron chi connectivity index (χ1n) is 7.12. The van der Waals surface area contributed by atoms with Gasteiger partial charge in [-0.05, 0) is 37.0 Å². The van der Waals surface area contributed by atoms with Crippen LogP contribution in [0.15, 0.2) is 24.3 Å². The summed E-state index contributed by atoms with van der Waals surface area (Å²) in [5.74, 6) is 0.0484. The van der Waals surface area contributed by atoms with Gasteiger partial charge in [0.15, 0.2) is 0 Å². The molecule has 116 valence electrons. The summed E-state index contributed by atoms with van der Waals surface area (Å²) in [4.78, 5) is 23.6. The average molecular weight is 293 g/mol. The Hall–Kier alpha value is -2.04. The van der Waals surface area contributed by atoms with Crippen LogP contribution in [0, 0.1) is 0 Å². The van der Waals surface area contributed by atoms with Crippen LogP contribution in [0.2, 0.25) is 0 Å². The highest BCUT2D eigenvalue weighted by molar-refractivity contribution is 5.78. The zero-order chi connectivity index (χ0) is 15.7. The highest BCUT2D eigenvalue weighted by Crippen LogP contribution is 2.15. The molecule has 1 aromatic carbocycles. The molecule has 1 aromatic rings. The van der Waals surface area contributed by atoms with Gasteiger partial charge < -0.3 is 14.7 Å². The van der Waals surface area contributed by atoms with Gasteiger partial charge >= 0.3 is 5.97 Å². The minimum absolute atomic E-state index is 0.0563. The number of ether oxygens (including phenoxy) is 1. The molecule has 0 spiro atoms. The van der Waals surface area contributed by atoms with Crippen LogP contribution < -0.4 is 4.74 Å². The number of benzene rings is 1. The highest BCUT2D eigenvalue weighted by Gasteiger charge is 2.06. The summed E-state index contributed by atoms with van der Waals surface area (Å²) in [6, 6.07) is 7.51. The van der Waals surface area contributed by atoms with Crippen LogP contribution in [0.1, 0.15) is 31.2 Å². The maximum Gasteiger partial charge on any atom is 0.303 e. The topological polar surface area (TPSA) is 66.8 Å². The van der Waals surface area contributed by atoms with Crippen molar-refractivity contribution in [2.24, 2.45) is 0 Å². The summed E-state index contributed by atoms with van der Waals surface area (Å²) in [5, 5.41) is 8.53. The van der Waals surface area contributed by atoms with E-state index in [1.807, 2.05) is 24.3 Å². The van der Waals surface area contributed by atoms with Crippen LogP contribution in [0.5, 0.6) is 5.75 Å². The summed E-state index contributed by atoms with van der Waals surface area (Å²) in [6.45, 7) is 0.560. The Bertz CT molecular complexity index is 471. The number of carboxylic acids is 1. The summed E-state index contributed by atoms with van der Waals surface area (Å²) < 4.78 is 5.62. The fraction of sp³-hybridized carbons (Fsp3) is 0.500. The third-order valence-electron chi connectivity index (χ3n) is 3.06. The fourth-order valence-electron chi connectivity index (χ4n) is 1.82. The van der Waals surface area contributed by atoms with Gasteiger partial charge in [-0.25, -0.2) is 0 Å². The van der Waals surface area contributed by atoms with E-state index in [0.717, 1.165) is 24.2 Å². The van der Waals surface area contributed by atoms with Crippen LogP contribution >= 0.6 is 0 Å². The molecule has 0 unspecified atom stereocenters. The van der Waals surface area contributed by atoms with E-state index < -0.39 is 5.97 Å². The van der Waals surface area contributed by atoms with E-state index in [-0.39, 0.29) is 12.3 Å². The molecule has 0 aliphatic rings. The maximum absolute atomic E-state index is 11.6. The summed E-state index contributed by atoms with van der Waals surface area (Å²) in [5.41, 5.74) is 0.928. The Morgan fingerprint density at radius 1 is 1.19 bits per heavy atom. The number of hydrogen-bond donors (Lipinski definition) is 1. The molecule has 0 aromatic heterocycles. The van der Waals surface area contributed by atoms with Crippen molar-refractivity contribution in [2.45, 2.75) is 32.1 Å². The van der Waals surface area contributed by atoms with Gasteiger partial charge in [0, 0.05) is 20.5 Å². The number of carboxylic acid groups (broad SMARTS) is 1. The number of unbranched alkanes of at least 4 members (excludes halogenated alkanes) is 2. The number of nitrogens with zero attached hydrogens (tertiary/aromatic N) is 1. The average Bonchev–Trinajstić information content (AvgIpc) is 2.42. The van der Waals surface area contributed by atoms with E-state index in [9.17, 15) is 9.59 Å². The molecule has 0 radical (unpaired) electrons. The minimum atomic E-state index is -0.755. The van der Waals surface area contributed by atoms with E-state index in [0.29, 0.717) is 19.4 Å². The molecule has 5 heteroatoms. The van der Waals surface area contributed by atoms with Gasteiger partial charge in [0.25, 0.3) is 0 Å². The Balaban J connectivity index is 2.32. The maximum atomic E-state index is 11.6. The molecule has 0 saturated heterocycles. The Morgan fingerprint density at radius 2 is 1.95 bits per heavy atom. The summed E-state index contributed by atoms with van der Waals surface area (Å²) >= 11 is 0. The van der Waals surface area contributed by atoms with Crippen LogP contribution in [0.4, 0.5) is 0 Å². The quantitative estimate of drug-likeness (QED) is 0.710. The van der Waals surface area contributed by atoms with Crippen molar-refractivity contribution in [3.63, 3.8) is 0 Å². The molecular formula is C16H23NO4. The smallest absolute Gasteiger partial charge is 0.303 e. The highest BCUT2D eigenvalue weighted by atomic mass is 16.5. The minimum Gasteiger partial charge on any atom is -0.494 e. The number of rotatable bonds is 9. The largest absolute Gasteiger partial charge is 0.494 e. The van der Waals surface area contributed by atoms with Gasteiger partial charge in [-0.2, -0.15) is 0 Å². The number of hydrogen-bond acceptors (Lipinski definition) is 3. The molecule has 0 atom stereocenters. The number of carbonyl (C=O) groups excluding carboxylic acids is 1.